The summed E-state index contributed by atoms with van der Waals surface area (Å²) < 4.78 is 10.7. The minimum absolute atomic E-state index is 0.00811. The van der Waals surface area contributed by atoms with Crippen molar-refractivity contribution in [1.82, 2.24) is 5.32 Å². The van der Waals surface area contributed by atoms with E-state index in [4.69, 9.17) is 9.47 Å². The number of hydrogen-bond acceptors (Lipinski definition) is 4. The van der Waals surface area contributed by atoms with Crippen LogP contribution < -0.4 is 14.8 Å². The van der Waals surface area contributed by atoms with Crippen molar-refractivity contribution in [2.45, 2.75) is 27.2 Å². The largest absolute Gasteiger partial charge is 0.454 e. The van der Waals surface area contributed by atoms with Crippen LogP contribution in [0.1, 0.15) is 36.9 Å². The molecule has 0 spiro atoms. The first-order valence-electron chi connectivity index (χ1n) is 7.70. The predicted octanol–water partition coefficient (Wildman–Crippen LogP) is 4.31. The number of amides is 1. The molecule has 0 atom stereocenters. The molecule has 3 rings (SSSR count). The van der Waals surface area contributed by atoms with Gasteiger partial charge in [-0.15, -0.1) is 11.3 Å². The van der Waals surface area contributed by atoms with Gasteiger partial charge < -0.3 is 14.8 Å². The lowest BCUT2D eigenvalue weighted by molar-refractivity contribution is 0.0953. The Labute approximate surface area is 140 Å². The molecule has 1 amide bonds. The molecule has 1 N–H and O–H groups in total. The molecule has 1 aliphatic heterocycles. The number of carbonyl (C=O) groups is 1. The highest BCUT2D eigenvalue weighted by molar-refractivity contribution is 7.17. The smallest absolute Gasteiger partial charge is 0.261 e. The highest BCUT2D eigenvalue weighted by Gasteiger charge is 2.16. The van der Waals surface area contributed by atoms with Gasteiger partial charge in [-0.05, 0) is 47.7 Å². The van der Waals surface area contributed by atoms with Crippen LogP contribution in [0.25, 0.3) is 10.4 Å². The number of rotatable bonds is 4. The molecule has 5 heteroatoms. The van der Waals surface area contributed by atoms with Crippen LogP contribution in [0.15, 0.2) is 30.3 Å². The lowest BCUT2D eigenvalue weighted by Gasteiger charge is -2.17. The van der Waals surface area contributed by atoms with Crippen LogP contribution >= 0.6 is 11.3 Å². The van der Waals surface area contributed by atoms with Gasteiger partial charge in [-0.25, -0.2) is 0 Å². The van der Waals surface area contributed by atoms with Gasteiger partial charge in [-0.1, -0.05) is 20.8 Å². The second-order valence-electron chi connectivity index (χ2n) is 6.80. The number of benzene rings is 1. The van der Waals surface area contributed by atoms with Crippen LogP contribution in [0.5, 0.6) is 11.5 Å². The van der Waals surface area contributed by atoms with E-state index in [9.17, 15) is 4.79 Å². The van der Waals surface area contributed by atoms with Crippen LogP contribution in [0.3, 0.4) is 0 Å². The van der Waals surface area contributed by atoms with E-state index >= 15 is 0 Å². The monoisotopic (exact) mass is 331 g/mol. The van der Waals surface area contributed by atoms with Gasteiger partial charge in [-0.2, -0.15) is 0 Å². The van der Waals surface area contributed by atoms with Crippen molar-refractivity contribution >= 4 is 17.2 Å². The maximum atomic E-state index is 12.2. The molecule has 4 nitrogen and oxygen atoms in total. The number of hydrogen-bond donors (Lipinski definition) is 1. The first-order valence-corrected chi connectivity index (χ1v) is 8.52. The molecule has 1 aromatic heterocycles. The van der Waals surface area contributed by atoms with Crippen molar-refractivity contribution in [3.05, 3.63) is 35.2 Å². The second kappa shape index (κ2) is 6.24. The molecule has 0 fully saturated rings. The topological polar surface area (TPSA) is 47.6 Å². The predicted molar refractivity (Wildman–Crippen MR) is 92.3 cm³/mol. The summed E-state index contributed by atoms with van der Waals surface area (Å²) >= 11 is 1.49. The van der Waals surface area contributed by atoms with E-state index in [0.717, 1.165) is 33.2 Å². The first-order chi connectivity index (χ1) is 10.9. The molecule has 0 bridgehead atoms. The summed E-state index contributed by atoms with van der Waals surface area (Å²) in [7, 11) is 0. The Balaban J connectivity index is 1.67. The fourth-order valence-electron chi connectivity index (χ4n) is 2.30. The minimum Gasteiger partial charge on any atom is -0.454 e. The Bertz CT molecular complexity index is 715. The van der Waals surface area contributed by atoms with Gasteiger partial charge in [0.15, 0.2) is 11.5 Å². The molecular formula is C18H21NO3S. The highest BCUT2D eigenvalue weighted by atomic mass is 32.1. The molecular weight excluding hydrogens is 310 g/mol. The third-order valence-electron chi connectivity index (χ3n) is 3.65. The van der Waals surface area contributed by atoms with Gasteiger partial charge in [0, 0.05) is 11.4 Å². The average molecular weight is 331 g/mol. The average Bonchev–Trinajstić information content (AvgIpc) is 3.14. The van der Waals surface area contributed by atoms with Crippen molar-refractivity contribution in [2.75, 3.05) is 13.3 Å². The van der Waals surface area contributed by atoms with Gasteiger partial charge in [-0.3, -0.25) is 4.79 Å². The molecule has 1 aromatic carbocycles. The van der Waals surface area contributed by atoms with Crippen LogP contribution in [-0.4, -0.2) is 19.2 Å². The standard InChI is InChI=1S/C18H21NO3S/c1-18(2,3)8-9-19-17(20)16-7-6-15(23-16)12-4-5-13-14(10-12)22-11-21-13/h4-7,10H,8-9,11H2,1-3H3,(H,19,20). The number of carbonyl (C=O) groups excluding carboxylic acids is 1. The van der Waals surface area contributed by atoms with E-state index in [1.54, 1.807) is 0 Å². The summed E-state index contributed by atoms with van der Waals surface area (Å²) in [5.74, 6) is 1.52. The molecule has 0 saturated carbocycles. The number of thiophene rings is 1. The summed E-state index contributed by atoms with van der Waals surface area (Å²) in [5.41, 5.74) is 1.26. The van der Waals surface area contributed by atoms with Gasteiger partial charge in [0.2, 0.25) is 6.79 Å². The van der Waals surface area contributed by atoms with E-state index in [1.807, 2.05) is 30.3 Å². The van der Waals surface area contributed by atoms with Gasteiger partial charge >= 0.3 is 0 Å². The van der Waals surface area contributed by atoms with Gasteiger partial charge in [0.05, 0.1) is 4.88 Å². The molecule has 23 heavy (non-hydrogen) atoms. The van der Waals surface area contributed by atoms with Crippen LogP contribution in [0.2, 0.25) is 0 Å². The van der Waals surface area contributed by atoms with Gasteiger partial charge in [0.1, 0.15) is 0 Å². The zero-order valence-corrected chi connectivity index (χ0v) is 14.5. The summed E-state index contributed by atoms with van der Waals surface area (Å²) in [5, 5.41) is 2.99. The lowest BCUT2D eigenvalue weighted by Crippen LogP contribution is -2.26. The van der Waals surface area contributed by atoms with Crippen LogP contribution in [0, 0.1) is 5.41 Å². The maximum absolute atomic E-state index is 12.2. The van der Waals surface area contributed by atoms with E-state index in [1.165, 1.54) is 11.3 Å². The second-order valence-corrected chi connectivity index (χ2v) is 7.88. The van der Waals surface area contributed by atoms with Crippen molar-refractivity contribution in [3.63, 3.8) is 0 Å². The van der Waals surface area contributed by atoms with Crippen molar-refractivity contribution in [3.8, 4) is 21.9 Å². The molecule has 2 aromatic rings. The van der Waals surface area contributed by atoms with E-state index in [-0.39, 0.29) is 18.1 Å². The van der Waals surface area contributed by atoms with Gasteiger partial charge in [0.25, 0.3) is 5.91 Å². The van der Waals surface area contributed by atoms with E-state index < -0.39 is 0 Å². The number of ether oxygens (including phenoxy) is 2. The third kappa shape index (κ3) is 3.85. The summed E-state index contributed by atoms with van der Waals surface area (Å²) in [6.45, 7) is 7.47. The Hall–Kier alpha value is -2.01. The molecule has 2 heterocycles. The Morgan fingerprint density at radius 1 is 1.17 bits per heavy atom. The number of nitrogens with one attached hydrogen (secondary N) is 1. The number of fused-ring (bicyclic) bond motifs is 1. The zero-order valence-electron chi connectivity index (χ0n) is 13.6. The SMILES string of the molecule is CC(C)(C)CCNC(=O)c1ccc(-c2ccc3c(c2)OCO3)s1. The molecule has 0 unspecified atom stereocenters. The lowest BCUT2D eigenvalue weighted by atomic mass is 9.92. The van der Waals surface area contributed by atoms with Crippen molar-refractivity contribution in [1.29, 1.82) is 0 Å². The van der Waals surface area contributed by atoms with Crippen molar-refractivity contribution in [2.24, 2.45) is 5.41 Å². The molecule has 1 aliphatic rings. The van der Waals surface area contributed by atoms with E-state index in [2.05, 4.69) is 26.1 Å². The fraction of sp³-hybridized carbons (Fsp3) is 0.389. The fourth-order valence-corrected chi connectivity index (χ4v) is 3.22. The summed E-state index contributed by atoms with van der Waals surface area (Å²) in [4.78, 5) is 14.0. The van der Waals surface area contributed by atoms with Crippen LogP contribution in [-0.2, 0) is 0 Å². The first kappa shape index (κ1) is 15.9. The third-order valence-corrected chi connectivity index (χ3v) is 4.78. The minimum atomic E-state index is -0.00811. The normalized spacial score (nSPS) is 13.2. The van der Waals surface area contributed by atoms with Crippen molar-refractivity contribution < 1.29 is 14.3 Å². The van der Waals surface area contributed by atoms with Crippen LogP contribution in [0.4, 0.5) is 0 Å². The van der Waals surface area contributed by atoms with E-state index in [0.29, 0.717) is 6.54 Å². The Kier molecular flexibility index (Phi) is 4.31. The quantitative estimate of drug-likeness (QED) is 0.908. The molecule has 0 aliphatic carbocycles. The maximum Gasteiger partial charge on any atom is 0.261 e. The summed E-state index contributed by atoms with van der Waals surface area (Å²) in [6, 6.07) is 9.69. The molecule has 0 radical (unpaired) electrons. The molecule has 0 saturated heterocycles. The Morgan fingerprint density at radius 3 is 2.74 bits per heavy atom. The Morgan fingerprint density at radius 2 is 1.96 bits per heavy atom. The highest BCUT2D eigenvalue weighted by Crippen LogP contribution is 2.37. The molecule has 122 valence electrons. The zero-order chi connectivity index (χ0) is 16.4. The summed E-state index contributed by atoms with van der Waals surface area (Å²) in [6.07, 6.45) is 0.957.